The summed E-state index contributed by atoms with van der Waals surface area (Å²) in [7, 11) is 1.77. The molecular weight excluding hydrogens is 276 g/mol. The van der Waals surface area contributed by atoms with E-state index in [0.717, 1.165) is 17.4 Å². The van der Waals surface area contributed by atoms with Gasteiger partial charge in [-0.2, -0.15) is 5.10 Å². The van der Waals surface area contributed by atoms with Crippen molar-refractivity contribution in [3.8, 4) is 22.9 Å². The van der Waals surface area contributed by atoms with Gasteiger partial charge in [0.05, 0.1) is 0 Å². The molecule has 0 saturated carbocycles. The molecule has 3 aromatic rings. The molecule has 0 radical (unpaired) electrons. The first-order valence-electron chi connectivity index (χ1n) is 7.01. The Morgan fingerprint density at radius 1 is 1.05 bits per heavy atom. The Bertz CT molecular complexity index is 790. The Hall–Kier alpha value is -2.88. The van der Waals surface area contributed by atoms with Crippen LogP contribution in [0.5, 0.6) is 11.6 Å². The molecule has 22 heavy (non-hydrogen) atoms. The van der Waals surface area contributed by atoms with Crippen LogP contribution in [0.2, 0.25) is 0 Å². The van der Waals surface area contributed by atoms with Crippen LogP contribution >= 0.6 is 0 Å². The minimum absolute atomic E-state index is 0.442. The molecule has 0 N–H and O–H groups in total. The molecule has 1 aromatic heterocycles. The lowest BCUT2D eigenvalue weighted by atomic mass is 10.1. The minimum atomic E-state index is 0.442. The van der Waals surface area contributed by atoms with E-state index in [1.165, 1.54) is 0 Å². The summed E-state index contributed by atoms with van der Waals surface area (Å²) in [6, 6.07) is 17.3. The van der Waals surface area contributed by atoms with Gasteiger partial charge in [-0.1, -0.05) is 48.0 Å². The summed E-state index contributed by atoms with van der Waals surface area (Å²) in [5.41, 5.74) is 3.12. The van der Waals surface area contributed by atoms with Gasteiger partial charge in [0.1, 0.15) is 17.0 Å². The lowest BCUT2D eigenvalue weighted by Gasteiger charge is -2.06. The van der Waals surface area contributed by atoms with E-state index in [2.05, 4.69) is 5.10 Å². The first kappa shape index (κ1) is 14.1. The van der Waals surface area contributed by atoms with Gasteiger partial charge >= 0.3 is 0 Å². The molecule has 3 rings (SSSR count). The Labute approximate surface area is 129 Å². The molecule has 2 aromatic carbocycles. The number of hydrogen-bond donors (Lipinski definition) is 0. The number of aldehydes is 1. The summed E-state index contributed by atoms with van der Waals surface area (Å²) in [5, 5.41) is 4.43. The third-order valence-corrected chi connectivity index (χ3v) is 3.43. The highest BCUT2D eigenvalue weighted by Crippen LogP contribution is 2.31. The molecule has 0 saturated heterocycles. The van der Waals surface area contributed by atoms with E-state index >= 15 is 0 Å². The number of carbonyl (C=O) groups is 1. The van der Waals surface area contributed by atoms with Gasteiger partial charge in [-0.25, -0.2) is 4.68 Å². The summed E-state index contributed by atoms with van der Waals surface area (Å²) in [5.74, 6) is 1.12. The van der Waals surface area contributed by atoms with Crippen LogP contribution in [0, 0.1) is 6.92 Å². The van der Waals surface area contributed by atoms with Crippen LogP contribution in [-0.2, 0) is 7.05 Å². The standard InChI is InChI=1S/C18H16N2O2/c1-13-8-10-15(11-9-13)22-18-16(12-21)17(19-20(18)2)14-6-4-3-5-7-14/h3-12H,1-2H3. The Balaban J connectivity index is 2.03. The van der Waals surface area contributed by atoms with Crippen LogP contribution < -0.4 is 4.74 Å². The summed E-state index contributed by atoms with van der Waals surface area (Å²) < 4.78 is 7.45. The van der Waals surface area contributed by atoms with Crippen LogP contribution in [0.1, 0.15) is 15.9 Å². The quantitative estimate of drug-likeness (QED) is 0.683. The first-order valence-corrected chi connectivity index (χ1v) is 7.01. The van der Waals surface area contributed by atoms with Gasteiger partial charge in [-0.05, 0) is 19.1 Å². The summed E-state index contributed by atoms with van der Waals surface area (Å²) >= 11 is 0. The molecule has 110 valence electrons. The predicted molar refractivity (Wildman–Crippen MR) is 85.3 cm³/mol. The Morgan fingerprint density at radius 2 is 1.73 bits per heavy atom. The van der Waals surface area contributed by atoms with Crippen LogP contribution in [0.4, 0.5) is 0 Å². The number of benzene rings is 2. The maximum Gasteiger partial charge on any atom is 0.228 e. The normalized spacial score (nSPS) is 10.5. The number of aryl methyl sites for hydroxylation is 2. The van der Waals surface area contributed by atoms with Gasteiger partial charge in [-0.3, -0.25) is 4.79 Å². The number of nitrogens with zero attached hydrogens (tertiary/aromatic N) is 2. The summed E-state index contributed by atoms with van der Waals surface area (Å²) in [6.45, 7) is 2.01. The van der Waals surface area contributed by atoms with Gasteiger partial charge in [0, 0.05) is 12.6 Å². The van der Waals surface area contributed by atoms with Crippen molar-refractivity contribution in [1.29, 1.82) is 0 Å². The molecule has 0 amide bonds. The van der Waals surface area contributed by atoms with Crippen LogP contribution in [-0.4, -0.2) is 16.1 Å². The summed E-state index contributed by atoms with van der Waals surface area (Å²) in [6.07, 6.45) is 0.791. The molecule has 4 heteroatoms. The van der Waals surface area contributed by atoms with Gasteiger partial charge < -0.3 is 4.74 Å². The summed E-state index contributed by atoms with van der Waals surface area (Å²) in [4.78, 5) is 11.5. The smallest absolute Gasteiger partial charge is 0.228 e. The van der Waals surface area contributed by atoms with Crippen molar-refractivity contribution < 1.29 is 9.53 Å². The van der Waals surface area contributed by atoms with Crippen molar-refractivity contribution in [3.63, 3.8) is 0 Å². The van der Waals surface area contributed by atoms with Crippen molar-refractivity contribution in [2.45, 2.75) is 6.92 Å². The third kappa shape index (κ3) is 2.63. The highest BCUT2D eigenvalue weighted by Gasteiger charge is 2.18. The fourth-order valence-corrected chi connectivity index (χ4v) is 2.28. The maximum absolute atomic E-state index is 11.5. The van der Waals surface area contributed by atoms with E-state index in [4.69, 9.17) is 4.74 Å². The van der Waals surface area contributed by atoms with E-state index in [9.17, 15) is 4.79 Å². The second-order valence-electron chi connectivity index (χ2n) is 5.09. The molecule has 0 atom stereocenters. The zero-order valence-corrected chi connectivity index (χ0v) is 12.5. The molecule has 0 aliphatic heterocycles. The Morgan fingerprint density at radius 3 is 2.36 bits per heavy atom. The fourth-order valence-electron chi connectivity index (χ4n) is 2.28. The SMILES string of the molecule is Cc1ccc(Oc2c(C=O)c(-c3ccccc3)nn2C)cc1. The average molecular weight is 292 g/mol. The highest BCUT2D eigenvalue weighted by molar-refractivity contribution is 5.89. The van der Waals surface area contributed by atoms with E-state index in [-0.39, 0.29) is 0 Å². The van der Waals surface area contributed by atoms with E-state index in [1.807, 2.05) is 61.5 Å². The minimum Gasteiger partial charge on any atom is -0.439 e. The highest BCUT2D eigenvalue weighted by atomic mass is 16.5. The van der Waals surface area contributed by atoms with Crippen LogP contribution in [0.25, 0.3) is 11.3 Å². The molecule has 0 fully saturated rings. The van der Waals surface area contributed by atoms with E-state index < -0.39 is 0 Å². The predicted octanol–water partition coefficient (Wildman–Crippen LogP) is 4.00. The molecule has 0 unspecified atom stereocenters. The number of aromatic nitrogens is 2. The second-order valence-corrected chi connectivity index (χ2v) is 5.09. The molecule has 4 nitrogen and oxygen atoms in total. The maximum atomic E-state index is 11.5. The lowest BCUT2D eigenvalue weighted by Crippen LogP contribution is -1.96. The van der Waals surface area contributed by atoms with Crippen molar-refractivity contribution in [2.75, 3.05) is 0 Å². The topological polar surface area (TPSA) is 44.1 Å². The van der Waals surface area contributed by atoms with Crippen molar-refractivity contribution in [2.24, 2.45) is 7.05 Å². The van der Waals surface area contributed by atoms with Gasteiger partial charge in [0.25, 0.3) is 0 Å². The fraction of sp³-hybridized carbons (Fsp3) is 0.111. The Kier molecular flexibility index (Phi) is 3.74. The molecule has 0 aliphatic rings. The molecular formula is C18H16N2O2. The van der Waals surface area contributed by atoms with Crippen LogP contribution in [0.15, 0.2) is 54.6 Å². The zero-order chi connectivity index (χ0) is 15.5. The molecule has 0 spiro atoms. The van der Waals surface area contributed by atoms with Crippen molar-refractivity contribution >= 4 is 6.29 Å². The lowest BCUT2D eigenvalue weighted by molar-refractivity contribution is 0.112. The number of hydrogen-bond acceptors (Lipinski definition) is 3. The van der Waals surface area contributed by atoms with E-state index in [1.54, 1.807) is 11.7 Å². The molecule has 1 heterocycles. The van der Waals surface area contributed by atoms with Gasteiger partial charge in [0.15, 0.2) is 6.29 Å². The second kappa shape index (κ2) is 5.85. The van der Waals surface area contributed by atoms with Crippen molar-refractivity contribution in [1.82, 2.24) is 9.78 Å². The monoisotopic (exact) mass is 292 g/mol. The van der Waals surface area contributed by atoms with Gasteiger partial charge in [-0.15, -0.1) is 0 Å². The number of ether oxygens (including phenoxy) is 1. The first-order chi connectivity index (χ1) is 10.7. The largest absolute Gasteiger partial charge is 0.439 e. The van der Waals surface area contributed by atoms with Gasteiger partial charge in [0.2, 0.25) is 5.88 Å². The molecule has 0 aliphatic carbocycles. The third-order valence-electron chi connectivity index (χ3n) is 3.43. The molecule has 0 bridgehead atoms. The van der Waals surface area contributed by atoms with E-state index in [0.29, 0.717) is 22.9 Å². The number of carbonyl (C=O) groups excluding carboxylic acids is 1. The van der Waals surface area contributed by atoms with Crippen LogP contribution in [0.3, 0.4) is 0 Å². The number of rotatable bonds is 4. The zero-order valence-electron chi connectivity index (χ0n) is 12.5. The van der Waals surface area contributed by atoms with Crippen molar-refractivity contribution in [3.05, 3.63) is 65.7 Å². The average Bonchev–Trinajstić information content (AvgIpc) is 2.86.